The van der Waals surface area contributed by atoms with E-state index in [0.29, 0.717) is 0 Å². The summed E-state index contributed by atoms with van der Waals surface area (Å²) >= 11 is 0. The molecule has 8 nitrogen and oxygen atoms in total. The number of ether oxygens (including phenoxy) is 1. The highest BCUT2D eigenvalue weighted by Gasteiger charge is 2.24. The zero-order chi connectivity index (χ0) is 20.4. The molecule has 1 aromatic carbocycles. The fourth-order valence-electron chi connectivity index (χ4n) is 2.40. The minimum atomic E-state index is -1.09. The van der Waals surface area contributed by atoms with Gasteiger partial charge in [0.1, 0.15) is 17.7 Å². The minimum absolute atomic E-state index is 0.218. The van der Waals surface area contributed by atoms with Gasteiger partial charge in [0.2, 0.25) is 0 Å². The minimum Gasteiger partial charge on any atom is -0.480 e. The van der Waals surface area contributed by atoms with Gasteiger partial charge < -0.3 is 25.6 Å². The molecular formula is C19H28N2O6. The molecule has 4 N–H and O–H groups in total. The van der Waals surface area contributed by atoms with E-state index in [1.807, 2.05) is 30.3 Å². The Balaban J connectivity index is 0.000000377. The van der Waals surface area contributed by atoms with E-state index in [-0.39, 0.29) is 12.5 Å². The highest BCUT2D eigenvalue weighted by Crippen LogP contribution is 2.08. The van der Waals surface area contributed by atoms with Gasteiger partial charge in [0, 0.05) is 6.42 Å². The lowest BCUT2D eigenvalue weighted by Gasteiger charge is -2.22. The lowest BCUT2D eigenvalue weighted by atomic mass is 10.1. The van der Waals surface area contributed by atoms with Crippen molar-refractivity contribution in [1.82, 2.24) is 10.6 Å². The number of nitrogens with one attached hydrogen (secondary N) is 2. The van der Waals surface area contributed by atoms with Crippen LogP contribution in [0.5, 0.6) is 0 Å². The van der Waals surface area contributed by atoms with Crippen LogP contribution in [-0.4, -0.2) is 52.5 Å². The average molecular weight is 380 g/mol. The van der Waals surface area contributed by atoms with Crippen LogP contribution in [0.15, 0.2) is 30.3 Å². The second-order valence-corrected chi connectivity index (χ2v) is 7.21. The summed E-state index contributed by atoms with van der Waals surface area (Å²) in [7, 11) is 0. The second-order valence-electron chi connectivity index (χ2n) is 7.21. The summed E-state index contributed by atoms with van der Waals surface area (Å²) < 4.78 is 5.04. The molecule has 1 amide bonds. The average Bonchev–Trinajstić information content (AvgIpc) is 3.09. The van der Waals surface area contributed by atoms with Crippen LogP contribution in [0.25, 0.3) is 0 Å². The molecule has 2 rings (SSSR count). The van der Waals surface area contributed by atoms with E-state index in [9.17, 15) is 14.4 Å². The van der Waals surface area contributed by atoms with Gasteiger partial charge in [0.05, 0.1) is 0 Å². The number of alkyl carbamates (subject to hydrolysis) is 1. The van der Waals surface area contributed by atoms with Crippen molar-refractivity contribution < 1.29 is 29.3 Å². The van der Waals surface area contributed by atoms with E-state index in [4.69, 9.17) is 14.9 Å². The molecule has 1 aromatic rings. The number of rotatable bonds is 5. The lowest BCUT2D eigenvalue weighted by molar-refractivity contribution is -0.140. The molecule has 2 atom stereocenters. The first-order valence-electron chi connectivity index (χ1n) is 8.81. The van der Waals surface area contributed by atoms with Crippen molar-refractivity contribution in [3.63, 3.8) is 0 Å². The summed E-state index contributed by atoms with van der Waals surface area (Å²) in [5.74, 6) is -1.81. The van der Waals surface area contributed by atoms with Crippen molar-refractivity contribution in [3.8, 4) is 0 Å². The summed E-state index contributed by atoms with van der Waals surface area (Å²) in [6.45, 7) is 6.02. The highest BCUT2D eigenvalue weighted by atomic mass is 16.6. The monoisotopic (exact) mass is 380 g/mol. The summed E-state index contributed by atoms with van der Waals surface area (Å²) in [5.41, 5.74) is 0.186. The number of carboxylic acids is 2. The fourth-order valence-corrected chi connectivity index (χ4v) is 2.40. The molecule has 8 heteroatoms. The number of aliphatic carboxylic acids is 2. The lowest BCUT2D eigenvalue weighted by Crippen LogP contribution is -2.44. The Morgan fingerprint density at radius 2 is 1.85 bits per heavy atom. The quantitative estimate of drug-likeness (QED) is 0.616. The van der Waals surface area contributed by atoms with Gasteiger partial charge in [0.25, 0.3) is 0 Å². The van der Waals surface area contributed by atoms with Crippen LogP contribution in [0.3, 0.4) is 0 Å². The number of carboxylic acid groups (broad SMARTS) is 2. The number of benzene rings is 1. The van der Waals surface area contributed by atoms with E-state index < -0.39 is 29.7 Å². The number of carbonyl (C=O) groups is 3. The first-order chi connectivity index (χ1) is 12.6. The van der Waals surface area contributed by atoms with Crippen molar-refractivity contribution in [3.05, 3.63) is 35.9 Å². The molecule has 0 saturated carbocycles. The fraction of sp³-hybridized carbons (Fsp3) is 0.526. The molecule has 150 valence electrons. The first-order valence-corrected chi connectivity index (χ1v) is 8.81. The van der Waals surface area contributed by atoms with Crippen LogP contribution in [0, 0.1) is 0 Å². The van der Waals surface area contributed by atoms with Crippen LogP contribution >= 0.6 is 0 Å². The third kappa shape index (κ3) is 9.60. The molecule has 0 spiro atoms. The van der Waals surface area contributed by atoms with Crippen LogP contribution in [-0.2, 0) is 20.7 Å². The van der Waals surface area contributed by atoms with Crippen molar-refractivity contribution >= 4 is 18.0 Å². The van der Waals surface area contributed by atoms with E-state index in [0.717, 1.165) is 24.9 Å². The Bertz CT molecular complexity index is 621. The predicted molar refractivity (Wildman–Crippen MR) is 99.6 cm³/mol. The number of carbonyl (C=O) groups excluding carboxylic acids is 1. The largest absolute Gasteiger partial charge is 0.480 e. The van der Waals surface area contributed by atoms with Crippen molar-refractivity contribution in [1.29, 1.82) is 0 Å². The summed E-state index contributed by atoms with van der Waals surface area (Å²) in [6, 6.07) is 7.84. The molecule has 0 aliphatic carbocycles. The predicted octanol–water partition coefficient (Wildman–Crippen LogP) is 2.03. The van der Waals surface area contributed by atoms with Gasteiger partial charge in [-0.3, -0.25) is 4.79 Å². The Morgan fingerprint density at radius 3 is 2.26 bits per heavy atom. The summed E-state index contributed by atoms with van der Waals surface area (Å²) in [4.78, 5) is 32.8. The number of amides is 1. The molecule has 1 fully saturated rings. The Morgan fingerprint density at radius 1 is 1.22 bits per heavy atom. The molecule has 1 heterocycles. The molecule has 0 bridgehead atoms. The van der Waals surface area contributed by atoms with Crippen LogP contribution < -0.4 is 10.6 Å². The Labute approximate surface area is 158 Å². The molecule has 0 unspecified atom stereocenters. The molecule has 1 saturated heterocycles. The SMILES string of the molecule is CC(C)(C)OC(=O)N[C@H](Cc1ccccc1)C(=O)O.O=C(O)[C@@H]1CCCN1. The summed E-state index contributed by atoms with van der Waals surface area (Å²) in [5, 5.41) is 22.7. The molecule has 0 radical (unpaired) electrons. The van der Waals surface area contributed by atoms with E-state index >= 15 is 0 Å². The van der Waals surface area contributed by atoms with Gasteiger partial charge in [-0.25, -0.2) is 9.59 Å². The summed E-state index contributed by atoms with van der Waals surface area (Å²) in [6.07, 6.45) is 1.28. The highest BCUT2D eigenvalue weighted by molar-refractivity contribution is 5.80. The molecular weight excluding hydrogens is 352 g/mol. The van der Waals surface area contributed by atoms with Gasteiger partial charge in [0.15, 0.2) is 0 Å². The Kier molecular flexibility index (Phi) is 8.74. The molecule has 0 aromatic heterocycles. The van der Waals surface area contributed by atoms with Crippen LogP contribution in [0.2, 0.25) is 0 Å². The number of hydrogen-bond acceptors (Lipinski definition) is 5. The third-order valence-corrected chi connectivity index (χ3v) is 3.63. The Hall–Kier alpha value is -2.61. The van der Waals surface area contributed by atoms with Gasteiger partial charge in [-0.05, 0) is 45.7 Å². The number of hydrogen-bond donors (Lipinski definition) is 4. The maximum Gasteiger partial charge on any atom is 0.408 e. The van der Waals surface area contributed by atoms with E-state index in [2.05, 4.69) is 10.6 Å². The first kappa shape index (κ1) is 22.4. The van der Waals surface area contributed by atoms with E-state index in [1.54, 1.807) is 20.8 Å². The van der Waals surface area contributed by atoms with Gasteiger partial charge >= 0.3 is 18.0 Å². The van der Waals surface area contributed by atoms with Crippen molar-refractivity contribution in [2.75, 3.05) is 6.54 Å². The smallest absolute Gasteiger partial charge is 0.408 e. The van der Waals surface area contributed by atoms with Crippen molar-refractivity contribution in [2.24, 2.45) is 0 Å². The van der Waals surface area contributed by atoms with Crippen LogP contribution in [0.4, 0.5) is 4.79 Å². The maximum atomic E-state index is 11.6. The standard InChI is InChI=1S/C14H19NO4.C5H9NO2/c1-14(2,3)19-13(18)15-11(12(16)17)9-10-7-5-4-6-8-10;7-5(8)4-2-1-3-6-4/h4-8,11H,9H2,1-3H3,(H,15,18)(H,16,17);4,6H,1-3H2,(H,7,8)/t11-;4-/m10/s1. The zero-order valence-corrected chi connectivity index (χ0v) is 15.9. The molecule has 27 heavy (non-hydrogen) atoms. The van der Waals surface area contributed by atoms with Crippen molar-refractivity contribution in [2.45, 2.75) is 57.7 Å². The molecule has 1 aliphatic heterocycles. The van der Waals surface area contributed by atoms with Crippen LogP contribution in [0.1, 0.15) is 39.2 Å². The van der Waals surface area contributed by atoms with Gasteiger partial charge in [-0.15, -0.1) is 0 Å². The van der Waals surface area contributed by atoms with Gasteiger partial charge in [-0.2, -0.15) is 0 Å². The molecule has 1 aliphatic rings. The maximum absolute atomic E-state index is 11.6. The third-order valence-electron chi connectivity index (χ3n) is 3.63. The normalized spacial score (nSPS) is 17.2. The second kappa shape index (κ2) is 10.5. The zero-order valence-electron chi connectivity index (χ0n) is 15.9. The van der Waals surface area contributed by atoms with E-state index in [1.165, 1.54) is 0 Å². The topological polar surface area (TPSA) is 125 Å². The van der Waals surface area contributed by atoms with Gasteiger partial charge in [-0.1, -0.05) is 30.3 Å².